The van der Waals surface area contributed by atoms with E-state index < -0.39 is 35.1 Å². The molecule has 104 valence electrons. The average Bonchev–Trinajstić information content (AvgIpc) is 2.27. The summed E-state index contributed by atoms with van der Waals surface area (Å²) in [5.74, 6) is -3.39. The van der Waals surface area contributed by atoms with Crippen molar-refractivity contribution < 1.29 is 28.2 Å². The van der Waals surface area contributed by atoms with E-state index in [4.69, 9.17) is 0 Å². The number of rotatable bonds is 6. The van der Waals surface area contributed by atoms with Gasteiger partial charge in [0.05, 0.1) is 29.9 Å². The number of carbonyl (C=O) groups is 2. The van der Waals surface area contributed by atoms with Crippen LogP contribution in [0, 0.1) is 6.92 Å². The standard InChI is InChI=1S/C11H13NO6S/c1-8-2-4-9(5-3-8)19(17,18)12(6-10(13)14)7-11(15)16/h2-5H,6-7H2,1H3,(H,13,14)(H,15,16)/p-2. The van der Waals surface area contributed by atoms with E-state index in [1.54, 1.807) is 6.92 Å². The maximum Gasteiger partial charge on any atom is 0.243 e. The molecule has 0 atom stereocenters. The summed E-state index contributed by atoms with van der Waals surface area (Å²) < 4.78 is 24.4. The Labute approximate surface area is 110 Å². The predicted octanol–water partition coefficient (Wildman–Crippen LogP) is -2.51. The summed E-state index contributed by atoms with van der Waals surface area (Å²) in [6.07, 6.45) is 0. The molecule has 0 saturated carbocycles. The molecule has 8 heteroatoms. The molecule has 7 nitrogen and oxygen atoms in total. The SMILES string of the molecule is Cc1ccc(S(=O)(=O)N(CC(=O)[O-])CC(=O)[O-])cc1. The van der Waals surface area contributed by atoms with Crippen molar-refractivity contribution in [1.82, 2.24) is 4.31 Å². The van der Waals surface area contributed by atoms with Gasteiger partial charge in [0.15, 0.2) is 0 Å². The van der Waals surface area contributed by atoms with Crippen molar-refractivity contribution in [3.8, 4) is 0 Å². The molecule has 0 radical (unpaired) electrons. The van der Waals surface area contributed by atoms with Gasteiger partial charge in [-0.3, -0.25) is 0 Å². The lowest BCUT2D eigenvalue weighted by atomic mass is 10.2. The molecule has 1 aromatic carbocycles. The van der Waals surface area contributed by atoms with Gasteiger partial charge in [-0.05, 0) is 19.1 Å². The highest BCUT2D eigenvalue weighted by molar-refractivity contribution is 7.89. The Bertz CT molecular complexity index is 562. The molecule has 0 spiro atoms. The molecule has 0 aromatic heterocycles. The summed E-state index contributed by atoms with van der Waals surface area (Å²) in [4.78, 5) is 20.8. The molecule has 0 aliphatic rings. The maximum atomic E-state index is 12.1. The third kappa shape index (κ3) is 4.04. The number of sulfonamides is 1. The van der Waals surface area contributed by atoms with Crippen LogP contribution in [0.3, 0.4) is 0 Å². The Morgan fingerprint density at radius 2 is 1.47 bits per heavy atom. The summed E-state index contributed by atoms with van der Waals surface area (Å²) >= 11 is 0. The summed E-state index contributed by atoms with van der Waals surface area (Å²) in [6, 6.07) is 5.57. The Hall–Kier alpha value is -1.93. The molecule has 0 fully saturated rings. The topological polar surface area (TPSA) is 118 Å². The second-order valence-electron chi connectivity index (χ2n) is 3.83. The number of carboxylic acids is 2. The van der Waals surface area contributed by atoms with Crippen molar-refractivity contribution in [3.63, 3.8) is 0 Å². The maximum absolute atomic E-state index is 12.1. The fourth-order valence-corrected chi connectivity index (χ4v) is 2.70. The molecular formula is C11H11NO6S-2. The van der Waals surface area contributed by atoms with E-state index in [-0.39, 0.29) is 9.20 Å². The smallest absolute Gasteiger partial charge is 0.243 e. The third-order valence-corrected chi connectivity index (χ3v) is 4.08. The molecule has 0 aliphatic carbocycles. The number of benzene rings is 1. The fraction of sp³-hybridized carbons (Fsp3) is 0.273. The first kappa shape index (κ1) is 15.1. The quantitative estimate of drug-likeness (QED) is 0.569. The largest absolute Gasteiger partial charge is 0.549 e. The van der Waals surface area contributed by atoms with Crippen molar-refractivity contribution in [2.75, 3.05) is 13.1 Å². The summed E-state index contributed by atoms with van der Waals surface area (Å²) in [6.45, 7) is -0.356. The molecule has 0 heterocycles. The van der Waals surface area contributed by atoms with E-state index in [1.807, 2.05) is 0 Å². The zero-order valence-electron chi connectivity index (χ0n) is 10.0. The van der Waals surface area contributed by atoms with Gasteiger partial charge >= 0.3 is 0 Å². The Morgan fingerprint density at radius 1 is 1.05 bits per heavy atom. The highest BCUT2D eigenvalue weighted by Gasteiger charge is 2.24. The molecule has 0 unspecified atom stereocenters. The van der Waals surface area contributed by atoms with Crippen molar-refractivity contribution in [2.45, 2.75) is 11.8 Å². The number of hydrogen-bond donors (Lipinski definition) is 0. The number of aryl methyl sites for hydroxylation is 1. The lowest BCUT2D eigenvalue weighted by Gasteiger charge is -2.22. The first-order valence-corrected chi connectivity index (χ1v) is 6.64. The molecule has 0 bridgehead atoms. The lowest BCUT2D eigenvalue weighted by Crippen LogP contribution is -2.46. The minimum Gasteiger partial charge on any atom is -0.549 e. The number of carboxylic acid groups (broad SMARTS) is 2. The van der Waals surface area contributed by atoms with E-state index in [2.05, 4.69) is 0 Å². The van der Waals surface area contributed by atoms with Gasteiger partial charge < -0.3 is 19.8 Å². The van der Waals surface area contributed by atoms with Gasteiger partial charge in [-0.2, -0.15) is 4.31 Å². The number of carbonyl (C=O) groups excluding carboxylic acids is 2. The minimum atomic E-state index is -4.22. The Morgan fingerprint density at radius 3 is 1.84 bits per heavy atom. The molecule has 0 N–H and O–H groups in total. The summed E-state index contributed by atoms with van der Waals surface area (Å²) in [5, 5.41) is 21.0. The van der Waals surface area contributed by atoms with Crippen LogP contribution in [0.2, 0.25) is 0 Å². The van der Waals surface area contributed by atoms with Crippen LogP contribution in [0.15, 0.2) is 29.2 Å². The zero-order valence-corrected chi connectivity index (χ0v) is 10.8. The number of nitrogens with zero attached hydrogens (tertiary/aromatic N) is 1. The fourth-order valence-electron chi connectivity index (χ4n) is 1.37. The predicted molar refractivity (Wildman–Crippen MR) is 60.0 cm³/mol. The molecule has 0 amide bonds. The van der Waals surface area contributed by atoms with Crippen LogP contribution >= 0.6 is 0 Å². The molecular weight excluding hydrogens is 274 g/mol. The summed E-state index contributed by atoms with van der Waals surface area (Å²) in [7, 11) is -4.22. The van der Waals surface area contributed by atoms with Crippen molar-refractivity contribution in [3.05, 3.63) is 29.8 Å². The van der Waals surface area contributed by atoms with Gasteiger partial charge in [-0.15, -0.1) is 0 Å². The van der Waals surface area contributed by atoms with E-state index in [9.17, 15) is 28.2 Å². The second-order valence-corrected chi connectivity index (χ2v) is 5.77. The third-order valence-electron chi connectivity index (χ3n) is 2.27. The number of aliphatic carboxylic acids is 2. The molecule has 1 rings (SSSR count). The Kier molecular flexibility index (Phi) is 4.62. The van der Waals surface area contributed by atoms with Crippen LogP contribution in [-0.2, 0) is 19.6 Å². The van der Waals surface area contributed by atoms with Crippen molar-refractivity contribution in [2.24, 2.45) is 0 Å². The first-order chi connectivity index (χ1) is 8.73. The average molecular weight is 285 g/mol. The first-order valence-electron chi connectivity index (χ1n) is 5.20. The van der Waals surface area contributed by atoms with Gasteiger partial charge in [0.1, 0.15) is 0 Å². The Balaban J connectivity index is 3.14. The van der Waals surface area contributed by atoms with Gasteiger partial charge in [-0.25, -0.2) is 8.42 Å². The molecule has 0 saturated heterocycles. The normalized spacial score (nSPS) is 11.5. The highest BCUT2D eigenvalue weighted by atomic mass is 32.2. The minimum absolute atomic E-state index is 0.194. The monoisotopic (exact) mass is 285 g/mol. The van der Waals surface area contributed by atoms with E-state index >= 15 is 0 Å². The highest BCUT2D eigenvalue weighted by Crippen LogP contribution is 2.15. The van der Waals surface area contributed by atoms with Crippen LogP contribution in [0.25, 0.3) is 0 Å². The van der Waals surface area contributed by atoms with Gasteiger partial charge in [0.2, 0.25) is 10.0 Å². The van der Waals surface area contributed by atoms with Gasteiger partial charge in [-0.1, -0.05) is 17.7 Å². The van der Waals surface area contributed by atoms with E-state index in [0.29, 0.717) is 0 Å². The van der Waals surface area contributed by atoms with Crippen LogP contribution in [-0.4, -0.2) is 37.8 Å². The molecule has 19 heavy (non-hydrogen) atoms. The van der Waals surface area contributed by atoms with E-state index in [1.165, 1.54) is 24.3 Å². The van der Waals surface area contributed by atoms with Crippen molar-refractivity contribution in [1.29, 1.82) is 0 Å². The van der Waals surface area contributed by atoms with Crippen LogP contribution < -0.4 is 10.2 Å². The van der Waals surface area contributed by atoms with Gasteiger partial charge in [0, 0.05) is 0 Å². The lowest BCUT2D eigenvalue weighted by molar-refractivity contribution is -0.308. The zero-order chi connectivity index (χ0) is 14.6. The van der Waals surface area contributed by atoms with Crippen LogP contribution in [0.4, 0.5) is 0 Å². The summed E-state index contributed by atoms with van der Waals surface area (Å²) in [5.41, 5.74) is 0.810. The van der Waals surface area contributed by atoms with Crippen LogP contribution in [0.5, 0.6) is 0 Å². The van der Waals surface area contributed by atoms with Crippen molar-refractivity contribution >= 4 is 22.0 Å². The van der Waals surface area contributed by atoms with Crippen LogP contribution in [0.1, 0.15) is 5.56 Å². The molecule has 0 aliphatic heterocycles. The second kappa shape index (κ2) is 5.81. The van der Waals surface area contributed by atoms with E-state index in [0.717, 1.165) is 5.56 Å². The van der Waals surface area contributed by atoms with Gasteiger partial charge in [0.25, 0.3) is 0 Å². The number of hydrogen-bond acceptors (Lipinski definition) is 6. The molecule has 1 aromatic rings.